The Hall–Kier alpha value is -1.24. The zero-order valence-electron chi connectivity index (χ0n) is 13.6. The van der Waals surface area contributed by atoms with Crippen molar-refractivity contribution < 1.29 is 4.74 Å². The van der Waals surface area contributed by atoms with Gasteiger partial charge in [0.25, 0.3) is 5.56 Å². The van der Waals surface area contributed by atoms with E-state index in [4.69, 9.17) is 9.72 Å². The minimum atomic E-state index is 0.0884. The number of aromatic nitrogens is 2. The second kappa shape index (κ2) is 6.34. The number of rotatable bonds is 4. The van der Waals surface area contributed by atoms with Gasteiger partial charge in [0.2, 0.25) is 0 Å². The fraction of sp³-hybridized carbons (Fsp3) is 0.647. The van der Waals surface area contributed by atoms with Crippen molar-refractivity contribution in [3.8, 4) is 0 Å². The molecule has 1 fully saturated rings. The van der Waals surface area contributed by atoms with E-state index in [1.807, 2.05) is 0 Å². The third kappa shape index (κ3) is 2.73. The molecule has 0 aromatic carbocycles. The molecular formula is C17H23N3O2S. The molecule has 1 aliphatic heterocycles. The first kappa shape index (κ1) is 15.3. The van der Waals surface area contributed by atoms with E-state index >= 15 is 0 Å². The lowest BCUT2D eigenvalue weighted by molar-refractivity contribution is 0.122. The highest BCUT2D eigenvalue weighted by molar-refractivity contribution is 7.18. The summed E-state index contributed by atoms with van der Waals surface area (Å²) in [6, 6.07) is 0. The molecule has 2 aliphatic rings. The van der Waals surface area contributed by atoms with E-state index < -0.39 is 0 Å². The van der Waals surface area contributed by atoms with E-state index in [9.17, 15) is 4.79 Å². The SMILES string of the molecule is COCn1c(CN2CCCC2)nc2sc3c(c2c1=O)CCCC3. The third-order valence-corrected chi connectivity index (χ3v) is 6.16. The summed E-state index contributed by atoms with van der Waals surface area (Å²) < 4.78 is 7.03. The van der Waals surface area contributed by atoms with Crippen LogP contribution in [0.3, 0.4) is 0 Å². The van der Waals surface area contributed by atoms with Crippen LogP contribution in [-0.2, 0) is 30.9 Å². The Balaban J connectivity index is 1.84. The van der Waals surface area contributed by atoms with E-state index in [1.54, 1.807) is 23.0 Å². The lowest BCUT2D eigenvalue weighted by Gasteiger charge is -2.18. The van der Waals surface area contributed by atoms with Crippen molar-refractivity contribution in [3.05, 3.63) is 26.6 Å². The monoisotopic (exact) mass is 333 g/mol. The van der Waals surface area contributed by atoms with Crippen LogP contribution < -0.4 is 5.56 Å². The van der Waals surface area contributed by atoms with Gasteiger partial charge in [0.15, 0.2) is 0 Å². The molecule has 0 saturated carbocycles. The summed E-state index contributed by atoms with van der Waals surface area (Å²) in [5, 5.41) is 0.854. The quantitative estimate of drug-likeness (QED) is 0.863. The lowest BCUT2D eigenvalue weighted by atomic mass is 9.97. The molecule has 124 valence electrons. The first-order chi connectivity index (χ1) is 11.3. The maximum atomic E-state index is 13.1. The van der Waals surface area contributed by atoms with Gasteiger partial charge in [-0.25, -0.2) is 4.98 Å². The zero-order valence-corrected chi connectivity index (χ0v) is 14.5. The Morgan fingerprint density at radius 2 is 1.96 bits per heavy atom. The largest absolute Gasteiger partial charge is 0.364 e. The van der Waals surface area contributed by atoms with Crippen molar-refractivity contribution in [2.45, 2.75) is 51.8 Å². The zero-order chi connectivity index (χ0) is 15.8. The Kier molecular flexibility index (Phi) is 4.22. The van der Waals surface area contributed by atoms with Crippen molar-refractivity contribution in [1.29, 1.82) is 0 Å². The molecule has 0 amide bonds. The fourth-order valence-corrected chi connectivity index (χ4v) is 5.07. The van der Waals surface area contributed by atoms with Crippen LogP contribution in [0.4, 0.5) is 0 Å². The van der Waals surface area contributed by atoms with Crippen LogP contribution >= 0.6 is 11.3 Å². The third-order valence-electron chi connectivity index (χ3n) is 4.98. The average molecular weight is 333 g/mol. The van der Waals surface area contributed by atoms with Crippen LogP contribution in [0.1, 0.15) is 41.9 Å². The second-order valence-electron chi connectivity index (χ2n) is 6.55. The highest BCUT2D eigenvalue weighted by atomic mass is 32.1. The van der Waals surface area contributed by atoms with Gasteiger partial charge in [-0.2, -0.15) is 0 Å². The summed E-state index contributed by atoms with van der Waals surface area (Å²) in [6.07, 6.45) is 7.01. The number of methoxy groups -OCH3 is 1. The fourth-order valence-electron chi connectivity index (χ4n) is 3.80. The normalized spacial score (nSPS) is 18.7. The van der Waals surface area contributed by atoms with E-state index in [0.717, 1.165) is 48.5 Å². The summed E-state index contributed by atoms with van der Waals surface area (Å²) >= 11 is 1.73. The van der Waals surface area contributed by atoms with Gasteiger partial charge in [-0.15, -0.1) is 11.3 Å². The molecule has 2 aromatic heterocycles. The van der Waals surface area contributed by atoms with Gasteiger partial charge in [0, 0.05) is 12.0 Å². The molecule has 2 aromatic rings. The number of nitrogens with zero attached hydrogens (tertiary/aromatic N) is 3. The Morgan fingerprint density at radius 1 is 1.17 bits per heavy atom. The molecule has 0 spiro atoms. The van der Waals surface area contributed by atoms with Crippen LogP contribution in [0.2, 0.25) is 0 Å². The molecule has 4 rings (SSSR count). The van der Waals surface area contributed by atoms with Crippen LogP contribution in [0.25, 0.3) is 10.2 Å². The number of aryl methyl sites for hydroxylation is 2. The average Bonchev–Trinajstić information content (AvgIpc) is 3.18. The molecule has 0 atom stereocenters. The van der Waals surface area contributed by atoms with Crippen LogP contribution in [-0.4, -0.2) is 34.7 Å². The van der Waals surface area contributed by atoms with E-state index in [0.29, 0.717) is 0 Å². The summed E-state index contributed by atoms with van der Waals surface area (Å²) in [5.74, 6) is 0.852. The van der Waals surface area contributed by atoms with Crippen molar-refractivity contribution in [2.24, 2.45) is 0 Å². The van der Waals surface area contributed by atoms with Gasteiger partial charge in [0.05, 0.1) is 11.9 Å². The number of fused-ring (bicyclic) bond motifs is 3. The van der Waals surface area contributed by atoms with Crippen LogP contribution in [0.5, 0.6) is 0 Å². The van der Waals surface area contributed by atoms with Gasteiger partial charge in [-0.3, -0.25) is 14.3 Å². The van der Waals surface area contributed by atoms with Gasteiger partial charge >= 0.3 is 0 Å². The predicted octanol–water partition coefficient (Wildman–Crippen LogP) is 2.54. The number of hydrogen-bond acceptors (Lipinski definition) is 5. The minimum absolute atomic E-state index is 0.0884. The number of hydrogen-bond donors (Lipinski definition) is 0. The molecular weight excluding hydrogens is 310 g/mol. The first-order valence-corrected chi connectivity index (χ1v) is 9.35. The Morgan fingerprint density at radius 3 is 2.74 bits per heavy atom. The Labute approximate surface area is 139 Å². The molecule has 3 heterocycles. The summed E-state index contributed by atoms with van der Waals surface area (Å²) in [4.78, 5) is 22.6. The highest BCUT2D eigenvalue weighted by Gasteiger charge is 2.23. The summed E-state index contributed by atoms with van der Waals surface area (Å²) in [5.41, 5.74) is 1.34. The second-order valence-corrected chi connectivity index (χ2v) is 7.64. The maximum absolute atomic E-state index is 13.1. The Bertz CT molecular complexity index is 774. The summed E-state index contributed by atoms with van der Waals surface area (Å²) in [6.45, 7) is 3.23. The predicted molar refractivity (Wildman–Crippen MR) is 92.0 cm³/mol. The van der Waals surface area contributed by atoms with E-state index in [2.05, 4.69) is 4.90 Å². The van der Waals surface area contributed by atoms with Crippen molar-refractivity contribution in [1.82, 2.24) is 14.5 Å². The van der Waals surface area contributed by atoms with Gasteiger partial charge < -0.3 is 4.74 Å². The summed E-state index contributed by atoms with van der Waals surface area (Å²) in [7, 11) is 1.64. The number of ether oxygens (including phenoxy) is 1. The van der Waals surface area contributed by atoms with Gasteiger partial charge in [0.1, 0.15) is 17.4 Å². The first-order valence-electron chi connectivity index (χ1n) is 8.53. The number of likely N-dealkylation sites (tertiary alicyclic amines) is 1. The minimum Gasteiger partial charge on any atom is -0.364 e. The molecule has 0 radical (unpaired) electrons. The molecule has 5 nitrogen and oxygen atoms in total. The maximum Gasteiger partial charge on any atom is 0.264 e. The van der Waals surface area contributed by atoms with E-state index in [1.165, 1.54) is 36.1 Å². The van der Waals surface area contributed by atoms with Crippen LogP contribution in [0.15, 0.2) is 4.79 Å². The standard InChI is InChI=1S/C17H23N3O2S/c1-22-11-20-14(10-19-8-4-5-9-19)18-16-15(17(20)21)12-6-2-3-7-13(12)23-16/h2-11H2,1H3. The highest BCUT2D eigenvalue weighted by Crippen LogP contribution is 2.33. The van der Waals surface area contributed by atoms with Crippen molar-refractivity contribution in [2.75, 3.05) is 20.2 Å². The van der Waals surface area contributed by atoms with Crippen molar-refractivity contribution in [3.63, 3.8) is 0 Å². The smallest absolute Gasteiger partial charge is 0.264 e. The van der Waals surface area contributed by atoms with Crippen molar-refractivity contribution >= 4 is 21.6 Å². The molecule has 0 bridgehead atoms. The molecule has 1 saturated heterocycles. The topological polar surface area (TPSA) is 47.4 Å². The molecule has 1 aliphatic carbocycles. The van der Waals surface area contributed by atoms with Gasteiger partial charge in [-0.1, -0.05) is 0 Å². The molecule has 0 N–H and O–H groups in total. The molecule has 23 heavy (non-hydrogen) atoms. The number of thiophene rings is 1. The van der Waals surface area contributed by atoms with Gasteiger partial charge in [-0.05, 0) is 57.2 Å². The lowest BCUT2D eigenvalue weighted by Crippen LogP contribution is -2.30. The van der Waals surface area contributed by atoms with Crippen LogP contribution in [0, 0.1) is 0 Å². The molecule has 6 heteroatoms. The van der Waals surface area contributed by atoms with E-state index in [-0.39, 0.29) is 12.3 Å². The molecule has 0 unspecified atom stereocenters.